The van der Waals surface area contributed by atoms with Crippen molar-refractivity contribution in [2.24, 2.45) is 0 Å². The highest BCUT2D eigenvalue weighted by molar-refractivity contribution is 5.22. The molecule has 0 saturated carbocycles. The number of piperidine rings is 1. The summed E-state index contributed by atoms with van der Waals surface area (Å²) in [6.07, 6.45) is 3.67. The lowest BCUT2D eigenvalue weighted by atomic mass is 9.89. The summed E-state index contributed by atoms with van der Waals surface area (Å²) in [4.78, 5) is 10.7. The minimum Gasteiger partial charge on any atom is -0.467 e. The molecule has 0 radical (unpaired) electrons. The Morgan fingerprint density at radius 3 is 2.73 bits per heavy atom. The SMILES string of the molecule is COc1nccc(CN2CCC(c3ccccc3F)CC2)n1. The van der Waals surface area contributed by atoms with E-state index in [2.05, 4.69) is 14.9 Å². The second-order valence-electron chi connectivity index (χ2n) is 5.61. The molecule has 22 heavy (non-hydrogen) atoms. The van der Waals surface area contributed by atoms with E-state index in [1.807, 2.05) is 18.2 Å². The number of rotatable bonds is 4. The molecule has 2 aromatic rings. The normalized spacial score (nSPS) is 16.6. The van der Waals surface area contributed by atoms with Crippen LogP contribution in [0.5, 0.6) is 6.01 Å². The Hall–Kier alpha value is -2.01. The van der Waals surface area contributed by atoms with Crippen molar-refractivity contribution >= 4 is 0 Å². The van der Waals surface area contributed by atoms with Crippen LogP contribution in [0.15, 0.2) is 36.5 Å². The highest BCUT2D eigenvalue weighted by Gasteiger charge is 2.22. The first-order valence-corrected chi connectivity index (χ1v) is 7.59. The second kappa shape index (κ2) is 6.83. The lowest BCUT2D eigenvalue weighted by Crippen LogP contribution is -2.33. The van der Waals surface area contributed by atoms with Gasteiger partial charge in [-0.15, -0.1) is 0 Å². The molecule has 3 rings (SSSR count). The fraction of sp³-hybridized carbons (Fsp3) is 0.412. The van der Waals surface area contributed by atoms with Crippen LogP contribution < -0.4 is 4.74 Å². The summed E-state index contributed by atoms with van der Waals surface area (Å²) in [5.41, 5.74) is 1.81. The van der Waals surface area contributed by atoms with E-state index in [0.717, 1.165) is 43.7 Å². The summed E-state index contributed by atoms with van der Waals surface area (Å²) in [6.45, 7) is 2.68. The van der Waals surface area contributed by atoms with Gasteiger partial charge in [0.2, 0.25) is 0 Å². The number of benzene rings is 1. The van der Waals surface area contributed by atoms with E-state index in [4.69, 9.17) is 4.74 Å². The van der Waals surface area contributed by atoms with Crippen LogP contribution in [0.25, 0.3) is 0 Å². The van der Waals surface area contributed by atoms with E-state index >= 15 is 0 Å². The highest BCUT2D eigenvalue weighted by atomic mass is 19.1. The molecule has 0 bridgehead atoms. The van der Waals surface area contributed by atoms with E-state index in [1.165, 1.54) is 0 Å². The van der Waals surface area contributed by atoms with Crippen LogP contribution in [0.4, 0.5) is 4.39 Å². The van der Waals surface area contributed by atoms with Crippen LogP contribution in [-0.4, -0.2) is 35.1 Å². The van der Waals surface area contributed by atoms with Crippen molar-refractivity contribution in [2.45, 2.75) is 25.3 Å². The number of likely N-dealkylation sites (tertiary alicyclic amines) is 1. The van der Waals surface area contributed by atoms with Crippen LogP contribution in [0.1, 0.15) is 30.0 Å². The maximum atomic E-state index is 13.9. The first kappa shape index (κ1) is 14.9. The summed E-state index contributed by atoms with van der Waals surface area (Å²) in [7, 11) is 1.57. The number of hydrogen-bond donors (Lipinski definition) is 0. The van der Waals surface area contributed by atoms with Crippen LogP contribution in [0.2, 0.25) is 0 Å². The Kier molecular flexibility index (Phi) is 4.63. The van der Waals surface area contributed by atoms with Gasteiger partial charge in [-0.25, -0.2) is 9.37 Å². The number of ether oxygens (including phenoxy) is 1. The Labute approximate surface area is 130 Å². The van der Waals surface area contributed by atoms with E-state index < -0.39 is 0 Å². The second-order valence-corrected chi connectivity index (χ2v) is 5.61. The molecular formula is C17H20FN3O. The van der Waals surface area contributed by atoms with Gasteiger partial charge in [-0.3, -0.25) is 4.90 Å². The number of aromatic nitrogens is 2. The van der Waals surface area contributed by atoms with Crippen molar-refractivity contribution in [1.82, 2.24) is 14.9 Å². The first-order chi connectivity index (χ1) is 10.8. The lowest BCUT2D eigenvalue weighted by molar-refractivity contribution is 0.200. The van der Waals surface area contributed by atoms with E-state index in [9.17, 15) is 4.39 Å². The third-order valence-electron chi connectivity index (χ3n) is 4.19. The summed E-state index contributed by atoms with van der Waals surface area (Å²) < 4.78 is 18.9. The molecule has 1 saturated heterocycles. The van der Waals surface area contributed by atoms with Gasteiger partial charge in [0.05, 0.1) is 12.8 Å². The Morgan fingerprint density at radius 1 is 1.23 bits per heavy atom. The molecule has 0 amide bonds. The van der Waals surface area contributed by atoms with Gasteiger partial charge in [0.1, 0.15) is 5.82 Å². The number of halogens is 1. The third kappa shape index (κ3) is 3.42. The van der Waals surface area contributed by atoms with Gasteiger partial charge >= 0.3 is 6.01 Å². The molecule has 116 valence electrons. The standard InChI is InChI=1S/C17H20FN3O/c1-22-17-19-9-6-14(20-17)12-21-10-7-13(8-11-21)15-4-2-3-5-16(15)18/h2-6,9,13H,7-8,10-12H2,1H3. The van der Waals surface area contributed by atoms with Gasteiger partial charge in [0.15, 0.2) is 0 Å². The van der Waals surface area contributed by atoms with Gasteiger partial charge < -0.3 is 4.74 Å². The summed E-state index contributed by atoms with van der Waals surface area (Å²) in [5.74, 6) is 0.235. The van der Waals surface area contributed by atoms with Crippen LogP contribution in [0, 0.1) is 5.82 Å². The van der Waals surface area contributed by atoms with E-state index in [0.29, 0.717) is 11.9 Å². The highest BCUT2D eigenvalue weighted by Crippen LogP contribution is 2.30. The van der Waals surface area contributed by atoms with Crippen LogP contribution in [0.3, 0.4) is 0 Å². The average molecular weight is 301 g/mol. The van der Waals surface area contributed by atoms with Gasteiger partial charge in [0.25, 0.3) is 0 Å². The largest absolute Gasteiger partial charge is 0.467 e. The van der Waals surface area contributed by atoms with E-state index in [1.54, 1.807) is 25.4 Å². The molecule has 4 nitrogen and oxygen atoms in total. The molecule has 1 aliphatic heterocycles. The summed E-state index contributed by atoms with van der Waals surface area (Å²) in [5, 5.41) is 0. The maximum Gasteiger partial charge on any atom is 0.316 e. The van der Waals surface area contributed by atoms with Gasteiger partial charge in [-0.2, -0.15) is 4.98 Å². The molecule has 0 N–H and O–H groups in total. The van der Waals surface area contributed by atoms with Crippen LogP contribution in [-0.2, 0) is 6.54 Å². The molecule has 0 unspecified atom stereocenters. The topological polar surface area (TPSA) is 38.2 Å². The fourth-order valence-corrected chi connectivity index (χ4v) is 3.00. The Balaban J connectivity index is 1.59. The third-order valence-corrected chi connectivity index (χ3v) is 4.19. The molecule has 1 aliphatic rings. The number of hydrogen-bond acceptors (Lipinski definition) is 4. The molecule has 0 aliphatic carbocycles. The molecule has 1 fully saturated rings. The van der Waals surface area contributed by atoms with Crippen molar-refractivity contribution in [3.63, 3.8) is 0 Å². The quantitative estimate of drug-likeness (QED) is 0.870. The van der Waals surface area contributed by atoms with Crippen molar-refractivity contribution < 1.29 is 9.13 Å². The first-order valence-electron chi connectivity index (χ1n) is 7.59. The Morgan fingerprint density at radius 2 is 2.00 bits per heavy atom. The van der Waals surface area contributed by atoms with Crippen molar-refractivity contribution in [2.75, 3.05) is 20.2 Å². The zero-order chi connectivity index (χ0) is 15.4. The zero-order valence-electron chi connectivity index (χ0n) is 12.7. The molecular weight excluding hydrogens is 281 g/mol. The van der Waals surface area contributed by atoms with Crippen molar-refractivity contribution in [3.05, 3.63) is 53.6 Å². The molecule has 5 heteroatoms. The summed E-state index contributed by atoms with van der Waals surface area (Å²) in [6, 6.07) is 9.43. The predicted molar refractivity (Wildman–Crippen MR) is 82.2 cm³/mol. The molecule has 0 spiro atoms. The van der Waals surface area contributed by atoms with E-state index in [-0.39, 0.29) is 5.82 Å². The van der Waals surface area contributed by atoms with Gasteiger partial charge in [-0.1, -0.05) is 18.2 Å². The van der Waals surface area contributed by atoms with Gasteiger partial charge in [-0.05, 0) is 49.5 Å². The molecule has 1 aromatic carbocycles. The maximum absolute atomic E-state index is 13.9. The van der Waals surface area contributed by atoms with Gasteiger partial charge in [0, 0.05) is 12.7 Å². The summed E-state index contributed by atoms with van der Waals surface area (Å²) >= 11 is 0. The van der Waals surface area contributed by atoms with Crippen molar-refractivity contribution in [3.8, 4) is 6.01 Å². The number of nitrogens with zero attached hydrogens (tertiary/aromatic N) is 3. The minimum absolute atomic E-state index is 0.0820. The molecule has 0 atom stereocenters. The fourth-order valence-electron chi connectivity index (χ4n) is 3.00. The van der Waals surface area contributed by atoms with Crippen LogP contribution >= 0.6 is 0 Å². The average Bonchev–Trinajstić information content (AvgIpc) is 2.56. The predicted octanol–water partition coefficient (Wildman–Crippen LogP) is 3.00. The Bertz CT molecular complexity index is 627. The minimum atomic E-state index is -0.0820. The lowest BCUT2D eigenvalue weighted by Gasteiger charge is -2.32. The van der Waals surface area contributed by atoms with Crippen molar-refractivity contribution in [1.29, 1.82) is 0 Å². The number of methoxy groups -OCH3 is 1. The molecule has 1 aromatic heterocycles. The monoisotopic (exact) mass is 301 g/mol. The smallest absolute Gasteiger partial charge is 0.316 e. The zero-order valence-corrected chi connectivity index (χ0v) is 12.7. The molecule has 2 heterocycles.